The van der Waals surface area contributed by atoms with Gasteiger partial charge >= 0.3 is 6.03 Å². The maximum Gasteiger partial charge on any atom is 0.319 e. The highest BCUT2D eigenvalue weighted by Gasteiger charge is 2.32. The number of amides is 3. The van der Waals surface area contributed by atoms with Gasteiger partial charge in [0.1, 0.15) is 11.6 Å². The summed E-state index contributed by atoms with van der Waals surface area (Å²) in [5, 5.41) is 15.7. The van der Waals surface area contributed by atoms with Crippen LogP contribution < -0.4 is 15.4 Å². The van der Waals surface area contributed by atoms with E-state index in [1.54, 1.807) is 25.1 Å². The first-order chi connectivity index (χ1) is 21.2. The van der Waals surface area contributed by atoms with Crippen LogP contribution in [0.1, 0.15) is 64.2 Å². The fraction of sp³-hybridized carbons (Fsp3) is 0.562. The average Bonchev–Trinajstić information content (AvgIpc) is 2.98. The van der Waals surface area contributed by atoms with Gasteiger partial charge in [0.05, 0.1) is 35.3 Å². The average molecular weight is 651 g/mol. The Kier molecular flexibility index (Phi) is 13.2. The van der Waals surface area contributed by atoms with Crippen LogP contribution in [0.25, 0.3) is 0 Å². The van der Waals surface area contributed by atoms with Crippen molar-refractivity contribution in [3.8, 4) is 5.75 Å². The molecule has 1 aliphatic heterocycles. The maximum absolute atomic E-state index is 14.2. The highest BCUT2D eigenvalue weighted by atomic mass is 32.2. The van der Waals surface area contributed by atoms with Gasteiger partial charge in [0.25, 0.3) is 5.91 Å². The zero-order valence-corrected chi connectivity index (χ0v) is 27.8. The van der Waals surface area contributed by atoms with Crippen molar-refractivity contribution in [1.82, 2.24) is 14.5 Å². The predicted molar refractivity (Wildman–Crippen MR) is 170 cm³/mol. The Balaban J connectivity index is 1.96. The molecule has 2 aromatic rings. The number of carbonyl (C=O) groups excluding carboxylic acids is 2. The van der Waals surface area contributed by atoms with Crippen molar-refractivity contribution in [2.45, 2.75) is 83.1 Å². The topological polar surface area (TPSA) is 138 Å². The number of halogens is 1. The van der Waals surface area contributed by atoms with E-state index in [9.17, 15) is 27.5 Å². The van der Waals surface area contributed by atoms with E-state index in [0.29, 0.717) is 30.9 Å². The van der Waals surface area contributed by atoms with Crippen molar-refractivity contribution in [3.05, 3.63) is 53.8 Å². The lowest BCUT2D eigenvalue weighted by atomic mass is 10.0. The number of ether oxygens (including phenoxy) is 2. The van der Waals surface area contributed by atoms with E-state index in [-0.39, 0.29) is 48.2 Å². The third-order valence-electron chi connectivity index (χ3n) is 7.69. The van der Waals surface area contributed by atoms with Gasteiger partial charge in [0.2, 0.25) is 10.0 Å². The fourth-order valence-corrected chi connectivity index (χ4v) is 6.21. The van der Waals surface area contributed by atoms with Crippen LogP contribution in [-0.2, 0) is 14.8 Å². The molecule has 0 fully saturated rings. The Labute approximate surface area is 266 Å². The largest absolute Gasteiger partial charge is 0.490 e. The molecule has 0 aromatic heterocycles. The molecule has 0 saturated heterocycles. The van der Waals surface area contributed by atoms with Crippen molar-refractivity contribution in [3.63, 3.8) is 0 Å². The van der Waals surface area contributed by atoms with Crippen LogP contribution in [0.3, 0.4) is 0 Å². The number of nitrogens with one attached hydrogen (secondary N) is 2. The molecule has 45 heavy (non-hydrogen) atoms. The Hall–Kier alpha value is -3.26. The van der Waals surface area contributed by atoms with E-state index in [2.05, 4.69) is 10.6 Å². The predicted octanol–water partition coefficient (Wildman–Crippen LogP) is 4.47. The van der Waals surface area contributed by atoms with Gasteiger partial charge in [0, 0.05) is 44.4 Å². The first-order valence-corrected chi connectivity index (χ1v) is 16.8. The smallest absolute Gasteiger partial charge is 0.319 e. The molecular weight excluding hydrogens is 603 g/mol. The molecule has 1 heterocycles. The van der Waals surface area contributed by atoms with E-state index in [1.807, 2.05) is 27.7 Å². The van der Waals surface area contributed by atoms with E-state index in [1.165, 1.54) is 28.4 Å². The van der Waals surface area contributed by atoms with Crippen LogP contribution in [0, 0.1) is 11.7 Å². The van der Waals surface area contributed by atoms with Crippen molar-refractivity contribution >= 4 is 27.6 Å². The van der Waals surface area contributed by atoms with Gasteiger partial charge in [-0.15, -0.1) is 0 Å². The molecule has 3 N–H and O–H groups in total. The fourth-order valence-electron chi connectivity index (χ4n) is 5.03. The quantitative estimate of drug-likeness (QED) is 0.383. The highest BCUT2D eigenvalue weighted by Crippen LogP contribution is 2.29. The number of likely N-dealkylation sites (N-methyl/N-ethyl adjacent to an activating group) is 1. The molecule has 0 unspecified atom stereocenters. The summed E-state index contributed by atoms with van der Waals surface area (Å²) < 4.78 is 53.7. The number of hydrogen-bond donors (Lipinski definition) is 3. The lowest BCUT2D eigenvalue weighted by Crippen LogP contribution is -2.48. The van der Waals surface area contributed by atoms with Crippen LogP contribution in [0.2, 0.25) is 0 Å². The number of carbonyl (C=O) groups is 2. The number of aliphatic hydroxyl groups excluding tert-OH is 1. The first-order valence-electron chi connectivity index (χ1n) is 15.4. The van der Waals surface area contributed by atoms with Gasteiger partial charge in [-0.05, 0) is 89.4 Å². The van der Waals surface area contributed by atoms with Crippen LogP contribution in [0.5, 0.6) is 5.75 Å². The first kappa shape index (κ1) is 36.2. The third-order valence-corrected chi connectivity index (χ3v) is 9.53. The van der Waals surface area contributed by atoms with E-state index in [0.717, 1.165) is 18.6 Å². The summed E-state index contributed by atoms with van der Waals surface area (Å²) in [7, 11) is -2.50. The minimum atomic E-state index is -3.94. The van der Waals surface area contributed by atoms with Gasteiger partial charge in [-0.25, -0.2) is 17.6 Å². The van der Waals surface area contributed by atoms with Crippen molar-refractivity contribution in [2.75, 3.05) is 38.7 Å². The molecule has 2 aromatic carbocycles. The van der Waals surface area contributed by atoms with Gasteiger partial charge in [-0.1, -0.05) is 6.92 Å². The Bertz CT molecular complexity index is 1390. The Morgan fingerprint density at radius 2 is 1.82 bits per heavy atom. The molecule has 0 aliphatic carbocycles. The lowest BCUT2D eigenvalue weighted by Gasteiger charge is -2.35. The molecular formula is C32H47FN4O7S. The molecule has 1 aliphatic rings. The zero-order chi connectivity index (χ0) is 33.3. The molecule has 11 nitrogen and oxygen atoms in total. The minimum Gasteiger partial charge on any atom is -0.490 e. The maximum atomic E-state index is 14.2. The molecule has 3 amide bonds. The summed E-state index contributed by atoms with van der Waals surface area (Å²) in [6, 6.07) is 8.44. The summed E-state index contributed by atoms with van der Waals surface area (Å²) >= 11 is 0. The van der Waals surface area contributed by atoms with E-state index >= 15 is 0 Å². The Morgan fingerprint density at radius 1 is 1.13 bits per heavy atom. The highest BCUT2D eigenvalue weighted by molar-refractivity contribution is 7.89. The summed E-state index contributed by atoms with van der Waals surface area (Å²) in [5.41, 5.74) is 0.623. The standard InChI is InChI=1S/C32H47FN4O7S/c1-21(2)34-32(40)35-26-12-15-29-28(17-26)31(39)37(23(4)20-38)18-22(3)30(43-16-8-7-9-24(5)44-29)19-36(6)45(41,42)27-13-10-25(33)11-14-27/h10-15,17,21-24,30,38H,7-9,16,18-20H2,1-6H3,(H2,34,35,40)/t22-,23-,24-,30-/m0/s1. The second kappa shape index (κ2) is 16.3. The number of aliphatic hydroxyl groups is 1. The number of hydrogen-bond acceptors (Lipinski definition) is 7. The zero-order valence-electron chi connectivity index (χ0n) is 27.0. The van der Waals surface area contributed by atoms with Crippen LogP contribution in [-0.4, -0.2) is 92.3 Å². The van der Waals surface area contributed by atoms with E-state index < -0.39 is 39.9 Å². The molecule has 0 bridgehead atoms. The second-order valence-corrected chi connectivity index (χ2v) is 14.0. The van der Waals surface area contributed by atoms with Crippen LogP contribution in [0.15, 0.2) is 47.4 Å². The molecule has 250 valence electrons. The van der Waals surface area contributed by atoms with Crippen LogP contribution >= 0.6 is 0 Å². The number of rotatable bonds is 8. The summed E-state index contributed by atoms with van der Waals surface area (Å²) in [4.78, 5) is 28.1. The number of anilines is 1. The van der Waals surface area contributed by atoms with Gasteiger partial charge in [-0.3, -0.25) is 4.79 Å². The molecule has 0 radical (unpaired) electrons. The van der Waals surface area contributed by atoms with Gasteiger partial charge in [-0.2, -0.15) is 4.31 Å². The molecule has 13 heteroatoms. The van der Waals surface area contributed by atoms with Gasteiger partial charge in [0.15, 0.2) is 0 Å². The number of nitrogens with zero attached hydrogens (tertiary/aromatic N) is 2. The Morgan fingerprint density at radius 3 is 2.47 bits per heavy atom. The van der Waals surface area contributed by atoms with Gasteiger partial charge < -0.3 is 30.1 Å². The second-order valence-electron chi connectivity index (χ2n) is 12.0. The van der Waals surface area contributed by atoms with Crippen molar-refractivity contribution in [1.29, 1.82) is 0 Å². The SMILES string of the molecule is CC(C)NC(=O)Nc1ccc2c(c1)C(=O)N([C@@H](C)CO)C[C@H](C)[C@H](CN(C)S(=O)(=O)c1ccc(F)cc1)OCCCC[C@H](C)O2. The van der Waals surface area contributed by atoms with Crippen molar-refractivity contribution in [2.24, 2.45) is 5.92 Å². The van der Waals surface area contributed by atoms with E-state index in [4.69, 9.17) is 9.47 Å². The summed E-state index contributed by atoms with van der Waals surface area (Å²) in [6.07, 6.45) is 1.34. The van der Waals surface area contributed by atoms with Crippen molar-refractivity contribution < 1.29 is 37.0 Å². The summed E-state index contributed by atoms with van der Waals surface area (Å²) in [6.45, 7) is 9.36. The number of benzene rings is 2. The molecule has 3 rings (SSSR count). The monoisotopic (exact) mass is 650 g/mol. The lowest BCUT2D eigenvalue weighted by molar-refractivity contribution is -0.00834. The number of urea groups is 1. The molecule has 0 saturated carbocycles. The molecule has 0 spiro atoms. The van der Waals surface area contributed by atoms with Crippen LogP contribution in [0.4, 0.5) is 14.9 Å². The normalized spacial score (nSPS) is 21.1. The molecule has 4 atom stereocenters. The number of sulfonamides is 1. The summed E-state index contributed by atoms with van der Waals surface area (Å²) in [5.74, 6) is -0.953. The third kappa shape index (κ3) is 10.1. The number of fused-ring (bicyclic) bond motifs is 1. The minimum absolute atomic E-state index is 0.00839.